The maximum absolute atomic E-state index is 12.0. The number of carbonyl (C=O) groups is 1. The van der Waals surface area contributed by atoms with E-state index in [2.05, 4.69) is 31.2 Å². The predicted molar refractivity (Wildman–Crippen MR) is 87.4 cm³/mol. The molecule has 1 aromatic carbocycles. The van der Waals surface area contributed by atoms with E-state index in [-0.39, 0.29) is 5.91 Å². The number of nitrogens with one attached hydrogen (secondary N) is 1. The van der Waals surface area contributed by atoms with Gasteiger partial charge in [0.15, 0.2) is 0 Å². The van der Waals surface area contributed by atoms with Crippen LogP contribution in [0.2, 0.25) is 0 Å². The fourth-order valence-corrected chi connectivity index (χ4v) is 2.65. The number of benzene rings is 1. The summed E-state index contributed by atoms with van der Waals surface area (Å²) < 4.78 is 0.840. The minimum absolute atomic E-state index is 0.232. The van der Waals surface area contributed by atoms with Crippen LogP contribution >= 0.6 is 27.3 Å². The van der Waals surface area contributed by atoms with Gasteiger partial charge in [-0.3, -0.25) is 4.79 Å². The van der Waals surface area contributed by atoms with Crippen molar-refractivity contribution in [2.45, 2.75) is 0 Å². The Morgan fingerprint density at radius 2 is 1.90 bits per heavy atom. The van der Waals surface area contributed by atoms with Gasteiger partial charge >= 0.3 is 0 Å². The standard InChI is InChI=1S/C15H10BrN3OS/c16-11-3-6-13(18-9-11)14(20)19-12-4-1-10(2-5-12)15-17-7-8-21-15/h1-9H,(H,19,20). The molecular formula is C15H10BrN3OS. The number of halogens is 1. The van der Waals surface area contributed by atoms with Gasteiger partial charge in [0.25, 0.3) is 5.91 Å². The first-order valence-corrected chi connectivity index (χ1v) is 7.82. The van der Waals surface area contributed by atoms with E-state index in [0.717, 1.165) is 20.7 Å². The summed E-state index contributed by atoms with van der Waals surface area (Å²) in [6, 6.07) is 11.0. The number of carbonyl (C=O) groups excluding carboxylic acids is 1. The molecular weight excluding hydrogens is 350 g/mol. The van der Waals surface area contributed by atoms with Gasteiger partial charge < -0.3 is 5.32 Å². The first-order valence-electron chi connectivity index (χ1n) is 6.15. The van der Waals surface area contributed by atoms with Crippen molar-refractivity contribution in [2.75, 3.05) is 5.32 Å². The third-order valence-electron chi connectivity index (χ3n) is 2.78. The Bertz CT molecular complexity index is 740. The lowest BCUT2D eigenvalue weighted by atomic mass is 10.2. The number of aromatic nitrogens is 2. The van der Waals surface area contributed by atoms with Crippen molar-refractivity contribution < 1.29 is 4.79 Å². The third kappa shape index (κ3) is 3.34. The van der Waals surface area contributed by atoms with Gasteiger partial charge in [0.2, 0.25) is 0 Å². The van der Waals surface area contributed by atoms with E-state index >= 15 is 0 Å². The van der Waals surface area contributed by atoms with E-state index in [9.17, 15) is 4.79 Å². The van der Waals surface area contributed by atoms with Crippen LogP contribution in [0.15, 0.2) is 58.6 Å². The molecule has 0 spiro atoms. The highest BCUT2D eigenvalue weighted by Crippen LogP contribution is 2.23. The van der Waals surface area contributed by atoms with Crippen molar-refractivity contribution >= 4 is 38.9 Å². The van der Waals surface area contributed by atoms with Crippen molar-refractivity contribution in [1.29, 1.82) is 0 Å². The molecule has 0 aliphatic heterocycles. The topological polar surface area (TPSA) is 54.9 Å². The summed E-state index contributed by atoms with van der Waals surface area (Å²) in [5, 5.41) is 5.71. The third-order valence-corrected chi connectivity index (χ3v) is 4.07. The van der Waals surface area contributed by atoms with Crippen LogP contribution in [-0.4, -0.2) is 15.9 Å². The average molecular weight is 360 g/mol. The first-order chi connectivity index (χ1) is 10.2. The number of anilines is 1. The van der Waals surface area contributed by atoms with Crippen molar-refractivity contribution in [3.63, 3.8) is 0 Å². The molecule has 4 nitrogen and oxygen atoms in total. The van der Waals surface area contributed by atoms with Gasteiger partial charge in [-0.2, -0.15) is 0 Å². The molecule has 0 saturated carbocycles. The molecule has 104 valence electrons. The minimum Gasteiger partial charge on any atom is -0.321 e. The van der Waals surface area contributed by atoms with E-state index in [4.69, 9.17) is 0 Å². The zero-order valence-corrected chi connectivity index (χ0v) is 13.2. The molecule has 21 heavy (non-hydrogen) atoms. The Balaban J connectivity index is 1.73. The SMILES string of the molecule is O=C(Nc1ccc(-c2nccs2)cc1)c1ccc(Br)cn1. The summed E-state index contributed by atoms with van der Waals surface area (Å²) in [7, 11) is 0. The summed E-state index contributed by atoms with van der Waals surface area (Å²) >= 11 is 4.87. The molecule has 0 atom stereocenters. The lowest BCUT2D eigenvalue weighted by Crippen LogP contribution is -2.13. The first kappa shape index (κ1) is 13.9. The second kappa shape index (κ2) is 6.15. The highest BCUT2D eigenvalue weighted by atomic mass is 79.9. The number of nitrogens with zero attached hydrogens (tertiary/aromatic N) is 2. The van der Waals surface area contributed by atoms with Gasteiger partial charge in [0, 0.05) is 33.5 Å². The van der Waals surface area contributed by atoms with E-state index in [1.807, 2.05) is 29.6 Å². The van der Waals surface area contributed by atoms with Gasteiger partial charge in [0.05, 0.1) is 0 Å². The summed E-state index contributed by atoms with van der Waals surface area (Å²) in [4.78, 5) is 20.4. The molecule has 0 unspecified atom stereocenters. The highest BCUT2D eigenvalue weighted by molar-refractivity contribution is 9.10. The molecule has 0 aliphatic rings. The van der Waals surface area contributed by atoms with Crippen molar-refractivity contribution in [3.8, 4) is 10.6 Å². The predicted octanol–water partition coefficient (Wildman–Crippen LogP) is 4.22. The lowest BCUT2D eigenvalue weighted by molar-refractivity contribution is 0.102. The Hall–Kier alpha value is -2.05. The Labute approximate surface area is 134 Å². The quantitative estimate of drug-likeness (QED) is 0.761. The molecule has 6 heteroatoms. The molecule has 0 bridgehead atoms. The van der Waals surface area contributed by atoms with Crippen LogP contribution in [0.25, 0.3) is 10.6 Å². The fraction of sp³-hybridized carbons (Fsp3) is 0. The van der Waals surface area contributed by atoms with E-state index in [1.165, 1.54) is 0 Å². The second-order valence-electron chi connectivity index (χ2n) is 4.23. The van der Waals surface area contributed by atoms with Gasteiger partial charge in [-0.1, -0.05) is 0 Å². The zero-order chi connectivity index (χ0) is 14.7. The second-order valence-corrected chi connectivity index (χ2v) is 6.04. The van der Waals surface area contributed by atoms with Crippen molar-refractivity contribution in [1.82, 2.24) is 9.97 Å². The minimum atomic E-state index is -0.232. The monoisotopic (exact) mass is 359 g/mol. The number of amides is 1. The molecule has 0 fully saturated rings. The molecule has 0 saturated heterocycles. The molecule has 1 amide bonds. The molecule has 1 N–H and O–H groups in total. The van der Waals surface area contributed by atoms with Crippen molar-refractivity contribution in [3.05, 3.63) is 64.3 Å². The van der Waals surface area contributed by atoms with Gasteiger partial charge in [0.1, 0.15) is 10.7 Å². The summed E-state index contributed by atoms with van der Waals surface area (Å²) in [6.07, 6.45) is 3.37. The molecule has 2 aromatic heterocycles. The van der Waals surface area contributed by atoms with Crippen molar-refractivity contribution in [2.24, 2.45) is 0 Å². The maximum Gasteiger partial charge on any atom is 0.274 e. The van der Waals surface area contributed by atoms with E-state index < -0.39 is 0 Å². The summed E-state index contributed by atoms with van der Waals surface area (Å²) in [5.74, 6) is -0.232. The van der Waals surface area contributed by atoms with Crippen LogP contribution in [0.4, 0.5) is 5.69 Å². The number of rotatable bonds is 3. The fourth-order valence-electron chi connectivity index (χ4n) is 1.77. The van der Waals surface area contributed by atoms with Crippen LogP contribution in [0, 0.1) is 0 Å². The smallest absolute Gasteiger partial charge is 0.274 e. The Kier molecular flexibility index (Phi) is 4.08. The number of thiazole rings is 1. The van der Waals surface area contributed by atoms with Crippen LogP contribution in [0.1, 0.15) is 10.5 Å². The maximum atomic E-state index is 12.0. The Morgan fingerprint density at radius 3 is 2.52 bits per heavy atom. The van der Waals surface area contributed by atoms with Gasteiger partial charge in [-0.25, -0.2) is 9.97 Å². The number of hydrogen-bond donors (Lipinski definition) is 1. The Morgan fingerprint density at radius 1 is 1.10 bits per heavy atom. The lowest BCUT2D eigenvalue weighted by Gasteiger charge is -2.05. The van der Waals surface area contributed by atoms with Gasteiger partial charge in [-0.05, 0) is 52.3 Å². The number of hydrogen-bond acceptors (Lipinski definition) is 4. The molecule has 0 aliphatic carbocycles. The zero-order valence-electron chi connectivity index (χ0n) is 10.8. The molecule has 3 aromatic rings. The molecule has 3 rings (SSSR count). The van der Waals surface area contributed by atoms with Crippen LogP contribution < -0.4 is 5.32 Å². The number of pyridine rings is 1. The van der Waals surface area contributed by atoms with Crippen LogP contribution in [-0.2, 0) is 0 Å². The molecule has 2 heterocycles. The molecule has 0 radical (unpaired) electrons. The van der Waals surface area contributed by atoms with E-state index in [0.29, 0.717) is 5.69 Å². The van der Waals surface area contributed by atoms with Gasteiger partial charge in [-0.15, -0.1) is 11.3 Å². The summed E-state index contributed by atoms with van der Waals surface area (Å²) in [6.45, 7) is 0. The average Bonchev–Trinajstić information content (AvgIpc) is 3.03. The van der Waals surface area contributed by atoms with E-state index in [1.54, 1.807) is 35.9 Å². The van der Waals surface area contributed by atoms with Crippen LogP contribution in [0.3, 0.4) is 0 Å². The van der Waals surface area contributed by atoms with Crippen LogP contribution in [0.5, 0.6) is 0 Å². The highest BCUT2D eigenvalue weighted by Gasteiger charge is 2.07. The normalized spacial score (nSPS) is 10.3. The largest absolute Gasteiger partial charge is 0.321 e. The summed E-state index contributed by atoms with van der Waals surface area (Å²) in [5.41, 5.74) is 2.14.